The molecule has 2 fully saturated rings. The van der Waals surface area contributed by atoms with Crippen molar-refractivity contribution in [2.45, 2.75) is 57.4 Å². The maximum atomic E-state index is 5.70. The number of rotatable bonds is 4. The first kappa shape index (κ1) is 12.3. The predicted molar refractivity (Wildman–Crippen MR) is 65.8 cm³/mol. The third-order valence-corrected chi connectivity index (χ3v) is 4.31. The molecule has 2 atom stereocenters. The number of ether oxygens (including phenoxy) is 1. The Hall–Kier alpha value is -0.120. The van der Waals surface area contributed by atoms with E-state index in [-0.39, 0.29) is 0 Å². The van der Waals surface area contributed by atoms with Crippen LogP contribution in [0.15, 0.2) is 0 Å². The van der Waals surface area contributed by atoms with E-state index < -0.39 is 0 Å². The van der Waals surface area contributed by atoms with Gasteiger partial charge in [0.15, 0.2) is 0 Å². The van der Waals surface area contributed by atoms with Crippen molar-refractivity contribution in [3.8, 4) is 0 Å². The minimum atomic E-state index is 0.477. The normalized spacial score (nSPS) is 30.2. The van der Waals surface area contributed by atoms with Crippen LogP contribution < -0.4 is 11.3 Å². The van der Waals surface area contributed by atoms with E-state index in [4.69, 9.17) is 10.6 Å². The maximum Gasteiger partial charge on any atom is 0.0510 e. The van der Waals surface area contributed by atoms with Crippen LogP contribution in [0.25, 0.3) is 0 Å². The van der Waals surface area contributed by atoms with E-state index >= 15 is 0 Å². The molecule has 3 N–H and O–H groups in total. The van der Waals surface area contributed by atoms with Crippen LogP contribution in [-0.2, 0) is 4.74 Å². The SMILES string of the molecule is NNC(CC1CCCCCC1)C1CCOC1. The van der Waals surface area contributed by atoms with Crippen LogP contribution in [0.1, 0.15) is 51.4 Å². The molecule has 0 radical (unpaired) electrons. The minimum Gasteiger partial charge on any atom is -0.381 e. The lowest BCUT2D eigenvalue weighted by molar-refractivity contribution is 0.170. The van der Waals surface area contributed by atoms with Crippen LogP contribution in [-0.4, -0.2) is 19.3 Å². The van der Waals surface area contributed by atoms with E-state index in [9.17, 15) is 0 Å². The van der Waals surface area contributed by atoms with Gasteiger partial charge in [-0.05, 0) is 18.8 Å². The van der Waals surface area contributed by atoms with Crippen LogP contribution in [0.4, 0.5) is 0 Å². The molecule has 1 aliphatic carbocycles. The first-order chi connectivity index (χ1) is 7.90. The molecule has 2 aliphatic rings. The van der Waals surface area contributed by atoms with Gasteiger partial charge in [-0.1, -0.05) is 38.5 Å². The summed E-state index contributed by atoms with van der Waals surface area (Å²) in [6.45, 7) is 1.83. The Morgan fingerprint density at radius 3 is 2.44 bits per heavy atom. The topological polar surface area (TPSA) is 47.3 Å². The highest BCUT2D eigenvalue weighted by Crippen LogP contribution is 2.29. The van der Waals surface area contributed by atoms with Crippen molar-refractivity contribution >= 4 is 0 Å². The average molecular weight is 226 g/mol. The number of hydrogen-bond donors (Lipinski definition) is 2. The van der Waals surface area contributed by atoms with Crippen LogP contribution in [0.5, 0.6) is 0 Å². The van der Waals surface area contributed by atoms with Crippen molar-refractivity contribution in [3.05, 3.63) is 0 Å². The van der Waals surface area contributed by atoms with Crippen LogP contribution >= 0.6 is 0 Å². The molecular formula is C13H26N2O. The molecule has 3 heteroatoms. The molecule has 94 valence electrons. The third-order valence-electron chi connectivity index (χ3n) is 4.31. The summed E-state index contributed by atoms with van der Waals surface area (Å²) in [4.78, 5) is 0. The van der Waals surface area contributed by atoms with Crippen molar-refractivity contribution in [1.82, 2.24) is 5.43 Å². The Morgan fingerprint density at radius 2 is 1.88 bits per heavy atom. The monoisotopic (exact) mass is 226 g/mol. The molecule has 0 spiro atoms. The van der Waals surface area contributed by atoms with Crippen molar-refractivity contribution in [3.63, 3.8) is 0 Å². The summed E-state index contributed by atoms with van der Waals surface area (Å²) >= 11 is 0. The molecule has 1 saturated carbocycles. The van der Waals surface area contributed by atoms with Crippen molar-refractivity contribution in [2.75, 3.05) is 13.2 Å². The maximum absolute atomic E-state index is 5.70. The summed E-state index contributed by atoms with van der Waals surface area (Å²) < 4.78 is 5.46. The molecule has 2 rings (SSSR count). The Bertz CT molecular complexity index is 184. The van der Waals surface area contributed by atoms with E-state index in [1.54, 1.807) is 0 Å². The molecular weight excluding hydrogens is 200 g/mol. The lowest BCUT2D eigenvalue weighted by Gasteiger charge is -2.26. The summed E-state index contributed by atoms with van der Waals surface area (Å²) in [5, 5.41) is 0. The van der Waals surface area contributed by atoms with Crippen molar-refractivity contribution in [2.24, 2.45) is 17.7 Å². The fraction of sp³-hybridized carbons (Fsp3) is 1.00. The van der Waals surface area contributed by atoms with E-state index in [2.05, 4.69) is 5.43 Å². The second-order valence-electron chi connectivity index (χ2n) is 5.49. The third kappa shape index (κ3) is 3.44. The van der Waals surface area contributed by atoms with Gasteiger partial charge in [-0.2, -0.15) is 0 Å². The smallest absolute Gasteiger partial charge is 0.0510 e. The quantitative estimate of drug-likeness (QED) is 0.439. The molecule has 16 heavy (non-hydrogen) atoms. The summed E-state index contributed by atoms with van der Waals surface area (Å²) in [6, 6.07) is 0.477. The molecule has 2 unspecified atom stereocenters. The van der Waals surface area contributed by atoms with Crippen LogP contribution in [0.2, 0.25) is 0 Å². The van der Waals surface area contributed by atoms with E-state index in [0.717, 1.165) is 19.1 Å². The van der Waals surface area contributed by atoms with Gasteiger partial charge < -0.3 is 4.74 Å². The number of nitrogens with one attached hydrogen (secondary N) is 1. The van der Waals surface area contributed by atoms with Crippen molar-refractivity contribution in [1.29, 1.82) is 0 Å². The lowest BCUT2D eigenvalue weighted by Crippen LogP contribution is -2.42. The fourth-order valence-corrected chi connectivity index (χ4v) is 3.23. The second kappa shape index (κ2) is 6.58. The minimum absolute atomic E-state index is 0.477. The summed E-state index contributed by atoms with van der Waals surface area (Å²) in [5.41, 5.74) is 3.03. The van der Waals surface area contributed by atoms with Gasteiger partial charge in [0, 0.05) is 18.6 Å². The molecule has 1 heterocycles. The predicted octanol–water partition coefficient (Wildman–Crippen LogP) is 2.22. The Balaban J connectivity index is 1.79. The summed E-state index contributed by atoms with van der Waals surface area (Å²) in [5.74, 6) is 7.24. The Labute approximate surface area is 99.1 Å². The van der Waals surface area contributed by atoms with Gasteiger partial charge in [-0.3, -0.25) is 11.3 Å². The van der Waals surface area contributed by atoms with Gasteiger partial charge >= 0.3 is 0 Å². The average Bonchev–Trinajstić information content (AvgIpc) is 2.71. The fourth-order valence-electron chi connectivity index (χ4n) is 3.23. The van der Waals surface area contributed by atoms with Gasteiger partial charge in [0.1, 0.15) is 0 Å². The van der Waals surface area contributed by atoms with Gasteiger partial charge in [0.2, 0.25) is 0 Å². The zero-order valence-corrected chi connectivity index (χ0v) is 10.3. The van der Waals surface area contributed by atoms with E-state index in [0.29, 0.717) is 12.0 Å². The van der Waals surface area contributed by atoms with Crippen LogP contribution in [0, 0.1) is 11.8 Å². The Kier molecular flexibility index (Phi) is 5.07. The highest BCUT2D eigenvalue weighted by atomic mass is 16.5. The zero-order chi connectivity index (χ0) is 11.2. The number of nitrogens with two attached hydrogens (primary N) is 1. The first-order valence-electron chi connectivity index (χ1n) is 6.94. The van der Waals surface area contributed by atoms with Crippen LogP contribution in [0.3, 0.4) is 0 Å². The molecule has 0 aromatic carbocycles. The van der Waals surface area contributed by atoms with Crippen molar-refractivity contribution < 1.29 is 4.74 Å². The molecule has 0 aromatic rings. The van der Waals surface area contributed by atoms with E-state index in [1.165, 1.54) is 51.4 Å². The standard InChI is InChI=1S/C13H26N2O/c14-15-13(12-7-8-16-10-12)9-11-5-3-1-2-4-6-11/h11-13,15H,1-10,14H2. The molecule has 1 saturated heterocycles. The number of hydrogen-bond acceptors (Lipinski definition) is 3. The number of hydrazine groups is 1. The first-order valence-corrected chi connectivity index (χ1v) is 6.94. The van der Waals surface area contributed by atoms with Gasteiger partial charge in [0.25, 0.3) is 0 Å². The zero-order valence-electron chi connectivity index (χ0n) is 10.3. The lowest BCUT2D eigenvalue weighted by atomic mass is 9.86. The summed E-state index contributed by atoms with van der Waals surface area (Å²) in [7, 11) is 0. The molecule has 3 nitrogen and oxygen atoms in total. The largest absolute Gasteiger partial charge is 0.381 e. The van der Waals surface area contributed by atoms with Gasteiger partial charge in [-0.25, -0.2) is 0 Å². The molecule has 1 aliphatic heterocycles. The van der Waals surface area contributed by atoms with Gasteiger partial charge in [0.05, 0.1) is 6.61 Å². The van der Waals surface area contributed by atoms with E-state index in [1.807, 2.05) is 0 Å². The Morgan fingerprint density at radius 1 is 1.12 bits per heavy atom. The highest BCUT2D eigenvalue weighted by Gasteiger charge is 2.27. The summed E-state index contributed by atoms with van der Waals surface area (Å²) in [6.07, 6.45) is 11.0. The molecule has 0 bridgehead atoms. The highest BCUT2D eigenvalue weighted by molar-refractivity contribution is 4.81. The molecule has 0 aromatic heterocycles. The second-order valence-corrected chi connectivity index (χ2v) is 5.49. The molecule has 0 amide bonds. The van der Waals surface area contributed by atoms with Gasteiger partial charge in [-0.15, -0.1) is 0 Å².